The van der Waals surface area contributed by atoms with E-state index in [2.05, 4.69) is 221 Å². The number of hydrogen-bond acceptors (Lipinski definition) is 1. The van der Waals surface area contributed by atoms with E-state index in [0.29, 0.717) is 0 Å². The van der Waals surface area contributed by atoms with Crippen LogP contribution in [0.4, 0.5) is 0 Å². The Hall–Kier alpha value is -7.49. The van der Waals surface area contributed by atoms with Gasteiger partial charge in [0.1, 0.15) is 0 Å². The summed E-state index contributed by atoms with van der Waals surface area (Å²) in [5.74, 6) is 0. The van der Waals surface area contributed by atoms with E-state index >= 15 is 0 Å². The third-order valence-corrected chi connectivity index (χ3v) is 11.1. The Labute approximate surface area is 325 Å². The van der Waals surface area contributed by atoms with Crippen molar-refractivity contribution in [3.05, 3.63) is 212 Å². The van der Waals surface area contributed by atoms with Gasteiger partial charge in [-0.05, 0) is 82.9 Å². The molecule has 11 rings (SSSR count). The minimum Gasteiger partial charge on any atom is -0.309 e. The Bertz CT molecular complexity index is 3000. The fraction of sp³-hybridized carbons (Fsp3) is 0. The molecule has 0 fully saturated rings. The van der Waals surface area contributed by atoms with Gasteiger partial charge < -0.3 is 9.13 Å². The SMILES string of the molecule is c1ccc(-c2cccc(-c3cc(-c4cc(-n5c6ccccc6c6ccccc65)cc(-n5c6ccccc6c6ccccc65)c4)cc(-c4ccccc4)n3)c2)cc1. The van der Waals surface area contributed by atoms with Crippen molar-refractivity contribution in [2.24, 2.45) is 0 Å². The molecule has 8 aromatic carbocycles. The predicted octanol–water partition coefficient (Wildman–Crippen LogP) is 13.9. The number of para-hydroxylation sites is 4. The lowest BCUT2D eigenvalue weighted by molar-refractivity contribution is 1.13. The number of hydrogen-bond donors (Lipinski definition) is 0. The van der Waals surface area contributed by atoms with Crippen molar-refractivity contribution >= 4 is 43.6 Å². The van der Waals surface area contributed by atoms with Crippen molar-refractivity contribution < 1.29 is 0 Å². The van der Waals surface area contributed by atoms with Crippen LogP contribution in [-0.4, -0.2) is 14.1 Å². The van der Waals surface area contributed by atoms with Crippen LogP contribution >= 0.6 is 0 Å². The molecule has 0 radical (unpaired) electrons. The van der Waals surface area contributed by atoms with Crippen LogP contribution < -0.4 is 0 Å². The molecule has 0 saturated heterocycles. The zero-order chi connectivity index (χ0) is 37.0. The highest BCUT2D eigenvalue weighted by atomic mass is 15.0. The van der Waals surface area contributed by atoms with Crippen molar-refractivity contribution in [3.8, 4) is 56.1 Å². The fourth-order valence-corrected chi connectivity index (χ4v) is 8.51. The summed E-state index contributed by atoms with van der Waals surface area (Å²) in [6.45, 7) is 0. The molecule has 0 amide bonds. The molecule has 0 aliphatic rings. The van der Waals surface area contributed by atoms with Gasteiger partial charge in [-0.3, -0.25) is 0 Å². The summed E-state index contributed by atoms with van der Waals surface area (Å²) in [5, 5.41) is 4.95. The molecule has 56 heavy (non-hydrogen) atoms. The zero-order valence-electron chi connectivity index (χ0n) is 30.5. The number of rotatable bonds is 6. The van der Waals surface area contributed by atoms with Gasteiger partial charge in [0.25, 0.3) is 0 Å². The molecular formula is C53H35N3. The Morgan fingerprint density at radius 2 is 0.625 bits per heavy atom. The van der Waals surface area contributed by atoms with Crippen molar-refractivity contribution in [1.29, 1.82) is 0 Å². The summed E-state index contributed by atoms with van der Waals surface area (Å²) in [5.41, 5.74) is 15.5. The first-order valence-corrected chi connectivity index (χ1v) is 19.1. The number of aromatic nitrogens is 3. The molecular weight excluding hydrogens is 679 g/mol. The topological polar surface area (TPSA) is 22.8 Å². The van der Waals surface area contributed by atoms with Crippen LogP contribution in [0.5, 0.6) is 0 Å². The lowest BCUT2D eigenvalue weighted by atomic mass is 9.97. The van der Waals surface area contributed by atoms with Gasteiger partial charge in [-0.25, -0.2) is 4.98 Å². The first-order valence-electron chi connectivity index (χ1n) is 19.1. The van der Waals surface area contributed by atoms with E-state index in [9.17, 15) is 0 Å². The molecule has 0 saturated carbocycles. The van der Waals surface area contributed by atoms with Crippen molar-refractivity contribution in [1.82, 2.24) is 14.1 Å². The fourth-order valence-electron chi connectivity index (χ4n) is 8.51. The summed E-state index contributed by atoms with van der Waals surface area (Å²) >= 11 is 0. The van der Waals surface area contributed by atoms with E-state index < -0.39 is 0 Å². The molecule has 3 heteroatoms. The van der Waals surface area contributed by atoms with Crippen LogP contribution in [0.15, 0.2) is 212 Å². The van der Waals surface area contributed by atoms with Crippen LogP contribution in [0.1, 0.15) is 0 Å². The van der Waals surface area contributed by atoms with Crippen LogP contribution in [0, 0.1) is 0 Å². The molecule has 0 unspecified atom stereocenters. The maximum atomic E-state index is 5.33. The van der Waals surface area contributed by atoms with E-state index in [4.69, 9.17) is 4.98 Å². The first kappa shape index (κ1) is 32.0. The second-order valence-corrected chi connectivity index (χ2v) is 14.4. The summed E-state index contributed by atoms with van der Waals surface area (Å²) in [6.07, 6.45) is 0. The molecule has 0 aliphatic carbocycles. The number of benzene rings is 8. The standard InChI is InChI=1S/C53H35N3/c1-3-16-36(17-4-1)38-20-15-21-39(30-38)49-34-41(33-48(54-49)37-18-5-2-6-19-37)40-31-42(55-50-26-11-7-22-44(50)45-23-8-12-27-51(45)55)35-43(32-40)56-52-28-13-9-24-46(52)47-25-10-14-29-53(47)56/h1-35H. The molecule has 3 nitrogen and oxygen atoms in total. The van der Waals surface area contributed by atoms with Crippen molar-refractivity contribution in [2.75, 3.05) is 0 Å². The quantitative estimate of drug-likeness (QED) is 0.168. The van der Waals surface area contributed by atoms with Gasteiger partial charge in [-0.15, -0.1) is 0 Å². The van der Waals surface area contributed by atoms with Gasteiger partial charge in [-0.1, -0.05) is 152 Å². The summed E-state index contributed by atoms with van der Waals surface area (Å²) in [4.78, 5) is 5.33. The number of pyridine rings is 1. The molecule has 3 aromatic heterocycles. The largest absolute Gasteiger partial charge is 0.309 e. The third-order valence-electron chi connectivity index (χ3n) is 11.1. The highest BCUT2D eigenvalue weighted by molar-refractivity contribution is 6.10. The van der Waals surface area contributed by atoms with Crippen LogP contribution in [0.2, 0.25) is 0 Å². The van der Waals surface area contributed by atoms with Crippen LogP contribution in [0.25, 0.3) is 99.8 Å². The second kappa shape index (κ2) is 13.1. The lowest BCUT2D eigenvalue weighted by Gasteiger charge is -2.17. The Kier molecular flexibility index (Phi) is 7.49. The van der Waals surface area contributed by atoms with Gasteiger partial charge in [-0.2, -0.15) is 0 Å². The summed E-state index contributed by atoms with van der Waals surface area (Å²) < 4.78 is 4.85. The minimum absolute atomic E-state index is 0.930. The lowest BCUT2D eigenvalue weighted by Crippen LogP contribution is -2.00. The predicted molar refractivity (Wildman–Crippen MR) is 235 cm³/mol. The number of fused-ring (bicyclic) bond motifs is 6. The van der Waals surface area contributed by atoms with Gasteiger partial charge in [0.2, 0.25) is 0 Å². The first-order chi connectivity index (χ1) is 27.8. The molecule has 11 aromatic rings. The average molecular weight is 714 g/mol. The molecule has 262 valence electrons. The van der Waals surface area contributed by atoms with Crippen molar-refractivity contribution in [3.63, 3.8) is 0 Å². The van der Waals surface area contributed by atoms with Gasteiger partial charge in [0, 0.05) is 44.0 Å². The van der Waals surface area contributed by atoms with Gasteiger partial charge >= 0.3 is 0 Å². The van der Waals surface area contributed by atoms with Gasteiger partial charge in [0.15, 0.2) is 0 Å². The highest BCUT2D eigenvalue weighted by Crippen LogP contribution is 2.39. The van der Waals surface area contributed by atoms with E-state index in [0.717, 1.165) is 45.0 Å². The monoisotopic (exact) mass is 713 g/mol. The second-order valence-electron chi connectivity index (χ2n) is 14.4. The summed E-state index contributed by atoms with van der Waals surface area (Å²) in [6, 6.07) is 76.4. The Morgan fingerprint density at radius 1 is 0.250 bits per heavy atom. The van der Waals surface area contributed by atoms with E-state index in [-0.39, 0.29) is 0 Å². The minimum atomic E-state index is 0.930. The van der Waals surface area contributed by atoms with E-state index in [1.54, 1.807) is 0 Å². The van der Waals surface area contributed by atoms with Crippen molar-refractivity contribution in [2.45, 2.75) is 0 Å². The summed E-state index contributed by atoms with van der Waals surface area (Å²) in [7, 11) is 0. The number of nitrogens with zero attached hydrogens (tertiary/aromatic N) is 3. The third kappa shape index (κ3) is 5.32. The van der Waals surface area contributed by atoms with E-state index in [1.807, 2.05) is 0 Å². The van der Waals surface area contributed by atoms with Crippen LogP contribution in [0.3, 0.4) is 0 Å². The molecule has 3 heterocycles. The molecule has 0 N–H and O–H groups in total. The van der Waals surface area contributed by atoms with Gasteiger partial charge in [0.05, 0.1) is 33.5 Å². The Morgan fingerprint density at radius 3 is 1.12 bits per heavy atom. The molecule has 0 spiro atoms. The molecule has 0 bridgehead atoms. The molecule has 0 atom stereocenters. The van der Waals surface area contributed by atoms with Crippen LogP contribution in [-0.2, 0) is 0 Å². The maximum Gasteiger partial charge on any atom is 0.0715 e. The molecule has 0 aliphatic heterocycles. The average Bonchev–Trinajstić information content (AvgIpc) is 3.80. The van der Waals surface area contributed by atoms with E-state index in [1.165, 1.54) is 54.7 Å². The highest BCUT2D eigenvalue weighted by Gasteiger charge is 2.18. The maximum absolute atomic E-state index is 5.33. The zero-order valence-corrected chi connectivity index (χ0v) is 30.5. The Balaban J connectivity index is 1.21. The smallest absolute Gasteiger partial charge is 0.0715 e. The normalized spacial score (nSPS) is 11.6.